The molecular formula is C33H32N4O5S. The van der Waals surface area contributed by atoms with E-state index >= 15 is 0 Å². The van der Waals surface area contributed by atoms with Crippen molar-refractivity contribution in [3.05, 3.63) is 113 Å². The van der Waals surface area contributed by atoms with E-state index in [1.807, 2.05) is 6.07 Å². The van der Waals surface area contributed by atoms with E-state index < -0.39 is 15.6 Å². The number of nitrogens with zero attached hydrogens (tertiary/aromatic N) is 2. The number of hydrogen-bond acceptors (Lipinski definition) is 7. The molecule has 0 saturated carbocycles. The fourth-order valence-corrected chi connectivity index (χ4v) is 6.46. The number of amides is 2. The van der Waals surface area contributed by atoms with Gasteiger partial charge >= 0.3 is 0 Å². The predicted molar refractivity (Wildman–Crippen MR) is 166 cm³/mol. The maximum Gasteiger partial charge on any atom is 0.291 e. The fourth-order valence-electron chi connectivity index (χ4n) is 4.68. The number of benzene rings is 2. The normalized spacial score (nSPS) is 16.0. The number of hydrogen-bond donors (Lipinski definition) is 3. The summed E-state index contributed by atoms with van der Waals surface area (Å²) in [7, 11) is -3.04. The molecule has 2 unspecified atom stereocenters. The second kappa shape index (κ2) is 13.5. The zero-order valence-electron chi connectivity index (χ0n) is 23.7. The van der Waals surface area contributed by atoms with Crippen molar-refractivity contribution < 1.29 is 23.3 Å². The van der Waals surface area contributed by atoms with Gasteiger partial charge in [-0.2, -0.15) is 0 Å². The molecule has 9 nitrogen and oxygen atoms in total. The third-order valence-corrected chi connectivity index (χ3v) is 9.09. The summed E-state index contributed by atoms with van der Waals surface area (Å²) in [6.45, 7) is 3.81. The smallest absolute Gasteiger partial charge is 0.291 e. The van der Waals surface area contributed by atoms with Gasteiger partial charge in [0.15, 0.2) is 5.76 Å². The summed E-state index contributed by atoms with van der Waals surface area (Å²) < 4.78 is 22.1. The van der Waals surface area contributed by atoms with E-state index in [0.717, 1.165) is 18.5 Å². The molecule has 3 N–H and O–H groups in total. The molecule has 1 fully saturated rings. The van der Waals surface area contributed by atoms with Gasteiger partial charge in [0, 0.05) is 59.3 Å². The first-order valence-electron chi connectivity index (χ1n) is 13.9. The van der Waals surface area contributed by atoms with Gasteiger partial charge in [-0.3, -0.25) is 19.3 Å². The van der Waals surface area contributed by atoms with E-state index in [-0.39, 0.29) is 23.3 Å². The average Bonchev–Trinajstić information content (AvgIpc) is 3.64. The molecule has 3 heterocycles. The molecule has 5 rings (SSSR count). The Morgan fingerprint density at radius 2 is 1.88 bits per heavy atom. The van der Waals surface area contributed by atoms with Gasteiger partial charge < -0.3 is 19.7 Å². The molecule has 1 aliphatic heterocycles. The summed E-state index contributed by atoms with van der Waals surface area (Å²) in [5, 5.41) is 14.3. The van der Waals surface area contributed by atoms with Crippen LogP contribution in [-0.2, 0) is 9.71 Å². The van der Waals surface area contributed by atoms with E-state index in [0.29, 0.717) is 41.2 Å². The Morgan fingerprint density at radius 3 is 2.63 bits per heavy atom. The molecule has 220 valence electrons. The topological polar surface area (TPSA) is 125 Å². The minimum atomic E-state index is -3.04. The lowest BCUT2D eigenvalue weighted by Crippen LogP contribution is -2.33. The lowest BCUT2D eigenvalue weighted by atomic mass is 10.1. The highest BCUT2D eigenvalue weighted by Crippen LogP contribution is 2.16. The van der Waals surface area contributed by atoms with Crippen molar-refractivity contribution in [3.63, 3.8) is 0 Å². The molecule has 43 heavy (non-hydrogen) atoms. The van der Waals surface area contributed by atoms with Gasteiger partial charge in [0.2, 0.25) is 0 Å². The summed E-state index contributed by atoms with van der Waals surface area (Å²) in [6, 6.07) is 19.2. The molecule has 1 aliphatic rings. The van der Waals surface area contributed by atoms with Crippen molar-refractivity contribution in [1.29, 1.82) is 0 Å². The molecule has 4 aromatic rings. The van der Waals surface area contributed by atoms with Crippen LogP contribution in [0.5, 0.6) is 0 Å². The highest BCUT2D eigenvalue weighted by Gasteiger charge is 2.20. The van der Waals surface area contributed by atoms with Crippen molar-refractivity contribution >= 4 is 32.6 Å². The Hall–Kier alpha value is -4.69. The molecule has 0 aliphatic carbocycles. The maximum absolute atomic E-state index is 14.1. The number of aryl methyl sites for hydroxylation is 1. The van der Waals surface area contributed by atoms with Gasteiger partial charge in [-0.15, -0.1) is 0 Å². The molecule has 2 aromatic carbocycles. The Balaban J connectivity index is 1.30. The summed E-state index contributed by atoms with van der Waals surface area (Å²) in [6.07, 6.45) is 5.29. The number of anilines is 1. The second-order valence-electron chi connectivity index (χ2n) is 10.2. The highest BCUT2D eigenvalue weighted by atomic mass is 32.2. The molecule has 0 spiro atoms. The van der Waals surface area contributed by atoms with Crippen LogP contribution in [0.15, 0.2) is 94.7 Å². The highest BCUT2D eigenvalue weighted by molar-refractivity contribution is 8.00. The number of aliphatic hydroxyl groups excluding tert-OH is 1. The first-order valence-corrected chi connectivity index (χ1v) is 15.5. The molecule has 1 saturated heterocycles. The van der Waals surface area contributed by atoms with Crippen LogP contribution in [0.3, 0.4) is 0 Å². The van der Waals surface area contributed by atoms with Crippen molar-refractivity contribution in [2.45, 2.75) is 30.8 Å². The fraction of sp³-hybridized carbons (Fsp3) is 0.212. The zero-order chi connectivity index (χ0) is 30.2. The lowest BCUT2D eigenvalue weighted by molar-refractivity contribution is 0.0978. The molecule has 0 bridgehead atoms. The van der Waals surface area contributed by atoms with Crippen LogP contribution < -0.4 is 10.0 Å². The van der Waals surface area contributed by atoms with Crippen LogP contribution in [0.2, 0.25) is 0 Å². The van der Waals surface area contributed by atoms with E-state index in [9.17, 15) is 18.9 Å². The predicted octanol–water partition coefficient (Wildman–Crippen LogP) is 3.88. The summed E-state index contributed by atoms with van der Waals surface area (Å²) >= 11 is 0. The number of pyridine rings is 1. The molecule has 10 heteroatoms. The van der Waals surface area contributed by atoms with E-state index in [1.165, 1.54) is 12.5 Å². The number of rotatable bonds is 8. The van der Waals surface area contributed by atoms with E-state index in [4.69, 9.17) is 4.42 Å². The van der Waals surface area contributed by atoms with Crippen LogP contribution in [0.1, 0.15) is 50.4 Å². The number of β-amino-alcohol motifs (C(OH)–C–C–N with tert-alkyl or cyclic N) is 1. The quantitative estimate of drug-likeness (QED) is 0.208. The van der Waals surface area contributed by atoms with Crippen molar-refractivity contribution in [2.24, 2.45) is 0 Å². The number of nitrogens with one attached hydrogen (secondary N) is 2. The summed E-state index contributed by atoms with van der Waals surface area (Å²) in [4.78, 5) is 32.6. The van der Waals surface area contributed by atoms with Crippen molar-refractivity contribution in [3.8, 4) is 11.8 Å². The van der Waals surface area contributed by atoms with Gasteiger partial charge in [-0.05, 0) is 67.6 Å². The van der Waals surface area contributed by atoms with Gasteiger partial charge in [0.1, 0.15) is 0 Å². The van der Waals surface area contributed by atoms with Gasteiger partial charge in [0.25, 0.3) is 11.8 Å². The van der Waals surface area contributed by atoms with Crippen molar-refractivity contribution in [2.75, 3.05) is 25.0 Å². The Labute approximate surface area is 251 Å². The number of aromatic nitrogens is 1. The summed E-state index contributed by atoms with van der Waals surface area (Å²) in [5.74, 6) is 5.41. The monoisotopic (exact) mass is 596 g/mol. The van der Waals surface area contributed by atoms with E-state index in [1.54, 1.807) is 79.2 Å². The minimum Gasteiger partial charge on any atom is -0.459 e. The third kappa shape index (κ3) is 7.78. The molecular weight excluding hydrogens is 564 g/mol. The maximum atomic E-state index is 14.1. The van der Waals surface area contributed by atoms with E-state index in [2.05, 4.69) is 31.8 Å². The Morgan fingerprint density at radius 1 is 1.07 bits per heavy atom. The van der Waals surface area contributed by atoms with Crippen LogP contribution in [0.4, 0.5) is 5.69 Å². The molecule has 2 amide bonds. The lowest BCUT2D eigenvalue weighted by Gasteiger charge is -2.16. The standard InChI is InChI=1S/C33H32N4O5S/c1-24-14-17-42-31(24)33(40)35-28-8-5-7-25(20-28)11-12-26-19-27(22-34-21-26)32(39)36-43(41,30-9-3-2-4-10-30)18-6-15-37-16-13-29(38)23-37/h2-5,7-10,14,17-22,29,38H,6,13,15-16,23H2,1H3,(H,35,40)(H,36,39,41). The minimum absolute atomic E-state index is 0.223. The number of carbonyl (C=O) groups excluding carboxylic acids is 2. The van der Waals surface area contributed by atoms with Crippen LogP contribution in [0.25, 0.3) is 0 Å². The first-order chi connectivity index (χ1) is 20.8. The second-order valence-corrected chi connectivity index (χ2v) is 12.4. The van der Waals surface area contributed by atoms with Gasteiger partial charge in [0.05, 0.1) is 27.6 Å². The Bertz CT molecular complexity index is 1800. The molecule has 2 aromatic heterocycles. The Kier molecular flexibility index (Phi) is 9.37. The largest absolute Gasteiger partial charge is 0.459 e. The first kappa shape index (κ1) is 29.8. The summed E-state index contributed by atoms with van der Waals surface area (Å²) in [5.41, 5.74) is 2.67. The molecule has 0 radical (unpaired) electrons. The average molecular weight is 597 g/mol. The van der Waals surface area contributed by atoms with Gasteiger partial charge in [-0.1, -0.05) is 36.1 Å². The SMILES string of the molecule is Cc1ccoc1C(=O)Nc1cccc(C#Cc2cncc(C(=O)NS(=O)(=CCCN3CCC(O)C3)c3ccccc3)c2)c1. The van der Waals surface area contributed by atoms with Crippen LogP contribution in [-0.4, -0.2) is 62.1 Å². The van der Waals surface area contributed by atoms with Crippen LogP contribution in [0, 0.1) is 18.8 Å². The van der Waals surface area contributed by atoms with Gasteiger partial charge in [-0.25, -0.2) is 4.21 Å². The van der Waals surface area contributed by atoms with Crippen LogP contribution >= 0.6 is 0 Å². The number of likely N-dealkylation sites (tertiary alicyclic amines) is 1. The van der Waals surface area contributed by atoms with Crippen molar-refractivity contribution in [1.82, 2.24) is 14.6 Å². The number of carbonyl (C=O) groups is 2. The number of aliphatic hydroxyl groups is 1. The third-order valence-electron chi connectivity index (χ3n) is 6.92. The zero-order valence-corrected chi connectivity index (χ0v) is 24.5. The molecule has 2 atom stereocenters. The number of furan rings is 1.